The van der Waals surface area contributed by atoms with E-state index in [1.807, 2.05) is 12.1 Å². The lowest BCUT2D eigenvalue weighted by Gasteiger charge is -2.27. The largest absolute Gasteiger partial charge is 0.478 e. The normalized spacial score (nSPS) is 16.6. The molecule has 1 aliphatic carbocycles. The van der Waals surface area contributed by atoms with E-state index < -0.39 is 5.97 Å². The van der Waals surface area contributed by atoms with Gasteiger partial charge in [-0.1, -0.05) is 12.1 Å². The topological polar surface area (TPSA) is 49.8 Å². The molecule has 1 saturated carbocycles. The van der Waals surface area contributed by atoms with Crippen molar-refractivity contribution in [3.8, 4) is 0 Å². The predicted octanol–water partition coefficient (Wildman–Crippen LogP) is 2.24. The van der Waals surface area contributed by atoms with Crippen molar-refractivity contribution >= 4 is 5.97 Å². The molecule has 0 spiro atoms. The predicted molar refractivity (Wildman–Crippen MR) is 73.3 cm³/mol. The molecule has 1 fully saturated rings. The molecule has 0 radical (unpaired) electrons. The smallest absolute Gasteiger partial charge is 0.335 e. The Balaban J connectivity index is 1.96. The van der Waals surface area contributed by atoms with Gasteiger partial charge in [0.05, 0.1) is 12.2 Å². The van der Waals surface area contributed by atoms with E-state index in [9.17, 15) is 4.79 Å². The standard InChI is InChI=1S/C15H21NO3/c1-16(14(10-19-2)12-7-8-12)9-11-3-5-13(6-4-11)15(17)18/h3-6,12,14H,7-10H2,1-2H3,(H,17,18). The molecule has 104 valence electrons. The lowest BCUT2D eigenvalue weighted by Crippen LogP contribution is -2.36. The third-order valence-electron chi connectivity index (χ3n) is 3.70. The maximum Gasteiger partial charge on any atom is 0.335 e. The van der Waals surface area contributed by atoms with Gasteiger partial charge in [-0.15, -0.1) is 0 Å². The van der Waals surface area contributed by atoms with Crippen molar-refractivity contribution in [1.29, 1.82) is 0 Å². The van der Waals surface area contributed by atoms with Crippen LogP contribution in [0, 0.1) is 5.92 Å². The molecule has 1 N–H and O–H groups in total. The molecule has 0 saturated heterocycles. The van der Waals surface area contributed by atoms with E-state index in [-0.39, 0.29) is 0 Å². The number of carboxylic acid groups (broad SMARTS) is 1. The van der Waals surface area contributed by atoms with E-state index >= 15 is 0 Å². The quantitative estimate of drug-likeness (QED) is 0.819. The second-order valence-electron chi connectivity index (χ2n) is 5.28. The molecule has 4 heteroatoms. The van der Waals surface area contributed by atoms with Gasteiger partial charge in [0.2, 0.25) is 0 Å². The number of hydrogen-bond acceptors (Lipinski definition) is 3. The number of nitrogens with zero attached hydrogens (tertiary/aromatic N) is 1. The van der Waals surface area contributed by atoms with Gasteiger partial charge in [0.1, 0.15) is 0 Å². The minimum Gasteiger partial charge on any atom is -0.478 e. The zero-order valence-corrected chi connectivity index (χ0v) is 11.5. The van der Waals surface area contributed by atoms with Crippen LogP contribution >= 0.6 is 0 Å². The van der Waals surface area contributed by atoms with Crippen LogP contribution in [-0.4, -0.2) is 42.8 Å². The van der Waals surface area contributed by atoms with Crippen LogP contribution in [0.25, 0.3) is 0 Å². The van der Waals surface area contributed by atoms with Crippen molar-refractivity contribution < 1.29 is 14.6 Å². The van der Waals surface area contributed by atoms with Gasteiger partial charge >= 0.3 is 5.97 Å². The Morgan fingerprint density at radius 2 is 2.05 bits per heavy atom. The zero-order chi connectivity index (χ0) is 13.8. The van der Waals surface area contributed by atoms with Gasteiger partial charge in [-0.05, 0) is 43.5 Å². The molecule has 0 heterocycles. The van der Waals surface area contributed by atoms with E-state index in [0.717, 1.165) is 24.6 Å². The lowest BCUT2D eigenvalue weighted by molar-refractivity contribution is 0.0697. The maximum absolute atomic E-state index is 10.8. The number of carbonyl (C=O) groups is 1. The number of methoxy groups -OCH3 is 1. The first-order valence-corrected chi connectivity index (χ1v) is 6.63. The van der Waals surface area contributed by atoms with Crippen LogP contribution in [0.2, 0.25) is 0 Å². The number of ether oxygens (including phenoxy) is 1. The molecule has 2 rings (SSSR count). The second kappa shape index (κ2) is 6.17. The van der Waals surface area contributed by atoms with Crippen LogP contribution in [0.3, 0.4) is 0 Å². The summed E-state index contributed by atoms with van der Waals surface area (Å²) in [6, 6.07) is 7.55. The fourth-order valence-corrected chi connectivity index (χ4v) is 2.43. The fraction of sp³-hybridized carbons (Fsp3) is 0.533. The maximum atomic E-state index is 10.8. The van der Waals surface area contributed by atoms with Gasteiger partial charge in [-0.25, -0.2) is 4.79 Å². The summed E-state index contributed by atoms with van der Waals surface area (Å²) in [6.07, 6.45) is 2.58. The first kappa shape index (κ1) is 14.0. The Morgan fingerprint density at radius 3 is 2.53 bits per heavy atom. The van der Waals surface area contributed by atoms with Gasteiger partial charge in [0, 0.05) is 19.7 Å². The summed E-state index contributed by atoms with van der Waals surface area (Å²) in [5.41, 5.74) is 1.47. The minimum absolute atomic E-state index is 0.335. The molecule has 1 aliphatic rings. The van der Waals surface area contributed by atoms with E-state index in [2.05, 4.69) is 11.9 Å². The number of benzene rings is 1. The number of likely N-dealkylation sites (N-methyl/N-ethyl adjacent to an activating group) is 1. The van der Waals surface area contributed by atoms with Crippen LogP contribution in [0.4, 0.5) is 0 Å². The molecule has 1 unspecified atom stereocenters. The summed E-state index contributed by atoms with van der Waals surface area (Å²) in [5.74, 6) is -0.126. The fourth-order valence-electron chi connectivity index (χ4n) is 2.43. The average molecular weight is 263 g/mol. The average Bonchev–Trinajstić information content (AvgIpc) is 3.20. The third-order valence-corrected chi connectivity index (χ3v) is 3.70. The molecule has 0 aliphatic heterocycles. The SMILES string of the molecule is COCC(C1CC1)N(C)Cc1ccc(C(=O)O)cc1. The molecular weight excluding hydrogens is 242 g/mol. The second-order valence-corrected chi connectivity index (χ2v) is 5.28. The molecule has 19 heavy (non-hydrogen) atoms. The summed E-state index contributed by atoms with van der Waals surface area (Å²) >= 11 is 0. The highest BCUT2D eigenvalue weighted by molar-refractivity contribution is 5.87. The Morgan fingerprint density at radius 1 is 1.42 bits per heavy atom. The summed E-state index contributed by atoms with van der Waals surface area (Å²) in [7, 11) is 3.85. The molecule has 0 amide bonds. The number of rotatable bonds is 7. The summed E-state index contributed by atoms with van der Waals surface area (Å²) in [4.78, 5) is 13.1. The zero-order valence-electron chi connectivity index (χ0n) is 11.5. The van der Waals surface area contributed by atoms with Gasteiger partial charge in [0.15, 0.2) is 0 Å². The first-order valence-electron chi connectivity index (χ1n) is 6.63. The van der Waals surface area contributed by atoms with Crippen LogP contribution < -0.4 is 0 Å². The van der Waals surface area contributed by atoms with E-state index in [1.54, 1.807) is 19.2 Å². The van der Waals surface area contributed by atoms with Crippen LogP contribution in [0.15, 0.2) is 24.3 Å². The molecule has 1 aromatic rings. The van der Waals surface area contributed by atoms with Crippen molar-refractivity contribution in [2.24, 2.45) is 5.92 Å². The van der Waals surface area contributed by atoms with E-state index in [0.29, 0.717) is 11.6 Å². The number of hydrogen-bond donors (Lipinski definition) is 1. The van der Waals surface area contributed by atoms with E-state index in [4.69, 9.17) is 9.84 Å². The van der Waals surface area contributed by atoms with Gasteiger partial charge in [0.25, 0.3) is 0 Å². The van der Waals surface area contributed by atoms with Crippen LogP contribution in [0.1, 0.15) is 28.8 Å². The number of aromatic carboxylic acids is 1. The Kier molecular flexibility index (Phi) is 4.56. The molecule has 4 nitrogen and oxygen atoms in total. The van der Waals surface area contributed by atoms with Crippen molar-refractivity contribution in [3.05, 3.63) is 35.4 Å². The first-order chi connectivity index (χ1) is 9.11. The van der Waals surface area contributed by atoms with Crippen LogP contribution in [-0.2, 0) is 11.3 Å². The molecular formula is C15H21NO3. The lowest BCUT2D eigenvalue weighted by atomic mass is 10.1. The Bertz CT molecular complexity index is 426. The molecule has 0 aromatic heterocycles. The van der Waals surface area contributed by atoms with Crippen molar-refractivity contribution in [2.45, 2.75) is 25.4 Å². The van der Waals surface area contributed by atoms with Gasteiger partial charge in [-0.3, -0.25) is 4.90 Å². The van der Waals surface area contributed by atoms with Crippen molar-refractivity contribution in [3.63, 3.8) is 0 Å². The van der Waals surface area contributed by atoms with Gasteiger partial charge < -0.3 is 9.84 Å². The monoisotopic (exact) mass is 263 g/mol. The van der Waals surface area contributed by atoms with Gasteiger partial charge in [-0.2, -0.15) is 0 Å². The highest BCUT2D eigenvalue weighted by Gasteiger charge is 2.33. The Labute approximate surface area is 114 Å². The highest BCUT2D eigenvalue weighted by atomic mass is 16.5. The third kappa shape index (κ3) is 3.78. The summed E-state index contributed by atoms with van der Waals surface area (Å²) in [5, 5.41) is 8.87. The minimum atomic E-state index is -0.879. The molecule has 1 aromatic carbocycles. The highest BCUT2D eigenvalue weighted by Crippen LogP contribution is 2.35. The molecule has 1 atom stereocenters. The van der Waals surface area contributed by atoms with Crippen molar-refractivity contribution in [2.75, 3.05) is 20.8 Å². The van der Waals surface area contributed by atoms with Crippen LogP contribution in [0.5, 0.6) is 0 Å². The number of carboxylic acids is 1. The Hall–Kier alpha value is -1.39. The van der Waals surface area contributed by atoms with Crippen molar-refractivity contribution in [1.82, 2.24) is 4.90 Å². The summed E-state index contributed by atoms with van der Waals surface area (Å²) in [6.45, 7) is 1.58. The summed E-state index contributed by atoms with van der Waals surface area (Å²) < 4.78 is 5.30. The molecule has 0 bridgehead atoms. The van der Waals surface area contributed by atoms with E-state index in [1.165, 1.54) is 12.8 Å².